The number of hydrogen-bond donors (Lipinski definition) is 0. The van der Waals surface area contributed by atoms with E-state index in [2.05, 4.69) is 4.90 Å². The van der Waals surface area contributed by atoms with Crippen molar-refractivity contribution in [2.45, 2.75) is 51.1 Å². The first-order chi connectivity index (χ1) is 7.32. The van der Waals surface area contributed by atoms with Gasteiger partial charge in [0.05, 0.1) is 6.61 Å². The molecule has 2 heterocycles. The van der Waals surface area contributed by atoms with Crippen LogP contribution in [0.15, 0.2) is 0 Å². The van der Waals surface area contributed by atoms with Crippen LogP contribution in [0.25, 0.3) is 0 Å². The molecule has 0 aromatic rings. The fraction of sp³-hybridized carbons (Fsp3) is 1.00. The first kappa shape index (κ1) is 12.9. The molecule has 0 N–H and O–H groups in total. The van der Waals surface area contributed by atoms with Crippen LogP contribution in [-0.4, -0.2) is 43.4 Å². The molecule has 15 heavy (non-hydrogen) atoms. The number of fused-ring (bicyclic) bond motifs is 1. The summed E-state index contributed by atoms with van der Waals surface area (Å²) < 4.78 is 17.9. The third-order valence-electron chi connectivity index (χ3n) is 3.63. The highest BCUT2D eigenvalue weighted by molar-refractivity contribution is 5.04. The van der Waals surface area contributed by atoms with Crippen molar-refractivity contribution in [1.82, 2.24) is 4.90 Å². The van der Waals surface area contributed by atoms with E-state index in [1.165, 1.54) is 12.8 Å². The van der Waals surface area contributed by atoms with Gasteiger partial charge in [-0.2, -0.15) is 0 Å². The first-order valence-electron chi connectivity index (χ1n) is 6.14. The molecule has 0 saturated carbocycles. The normalized spacial score (nSPS) is 34.8. The van der Waals surface area contributed by atoms with Gasteiger partial charge in [-0.15, -0.1) is 0 Å². The molecule has 3 heteroatoms. The van der Waals surface area contributed by atoms with E-state index in [0.717, 1.165) is 26.0 Å². The van der Waals surface area contributed by atoms with Crippen molar-refractivity contribution in [3.8, 4) is 0 Å². The average molecular weight is 217 g/mol. The van der Waals surface area contributed by atoms with Crippen molar-refractivity contribution in [2.24, 2.45) is 0 Å². The molecular weight excluding hydrogens is 193 g/mol. The van der Waals surface area contributed by atoms with Gasteiger partial charge in [0.15, 0.2) is 0 Å². The topological polar surface area (TPSA) is 12.5 Å². The maximum Gasteiger partial charge on any atom is 0.105 e. The second-order valence-corrected chi connectivity index (χ2v) is 4.30. The Kier molecular flexibility index (Phi) is 5.00. The maximum absolute atomic E-state index is 12.7. The molecule has 2 aliphatic rings. The van der Waals surface area contributed by atoms with Crippen LogP contribution in [0.4, 0.5) is 4.39 Å². The van der Waals surface area contributed by atoms with Gasteiger partial charge in [0.2, 0.25) is 0 Å². The van der Waals surface area contributed by atoms with E-state index in [0.29, 0.717) is 0 Å². The van der Waals surface area contributed by atoms with Crippen molar-refractivity contribution in [1.29, 1.82) is 0 Å². The van der Waals surface area contributed by atoms with E-state index in [1.54, 1.807) is 7.11 Å². The van der Waals surface area contributed by atoms with Crippen molar-refractivity contribution >= 4 is 0 Å². The second-order valence-electron chi connectivity index (χ2n) is 4.30. The van der Waals surface area contributed by atoms with Crippen LogP contribution in [0.3, 0.4) is 0 Å². The van der Waals surface area contributed by atoms with E-state index < -0.39 is 0 Å². The number of ether oxygens (including phenoxy) is 1. The number of alkyl halides is 1. The lowest BCUT2D eigenvalue weighted by Gasteiger charge is -2.33. The first-order valence-corrected chi connectivity index (χ1v) is 6.14. The van der Waals surface area contributed by atoms with Gasteiger partial charge in [0, 0.05) is 18.7 Å². The summed E-state index contributed by atoms with van der Waals surface area (Å²) in [5, 5.41) is 0. The molecule has 0 spiro atoms. The van der Waals surface area contributed by atoms with Crippen molar-refractivity contribution in [3.63, 3.8) is 0 Å². The zero-order valence-corrected chi connectivity index (χ0v) is 10.3. The zero-order chi connectivity index (χ0) is 11.3. The molecular formula is C12H24FNO. The molecule has 2 rings (SSSR count). The molecule has 2 aliphatic heterocycles. The SMILES string of the molecule is CC.COCC12CCCN1C(CF)CC2. The van der Waals surface area contributed by atoms with Crippen LogP contribution in [0.2, 0.25) is 0 Å². The average Bonchev–Trinajstić information content (AvgIpc) is 2.79. The highest BCUT2D eigenvalue weighted by Crippen LogP contribution is 2.42. The van der Waals surface area contributed by atoms with Crippen LogP contribution in [0, 0.1) is 0 Å². The molecule has 2 fully saturated rings. The Hall–Kier alpha value is -0.150. The van der Waals surface area contributed by atoms with Crippen LogP contribution in [0.5, 0.6) is 0 Å². The Labute approximate surface area is 92.8 Å². The third-order valence-corrected chi connectivity index (χ3v) is 3.63. The molecule has 90 valence electrons. The number of rotatable bonds is 3. The lowest BCUT2D eigenvalue weighted by Crippen LogP contribution is -2.46. The minimum atomic E-state index is -0.189. The molecule has 2 nitrogen and oxygen atoms in total. The fourth-order valence-corrected chi connectivity index (χ4v) is 3.05. The van der Waals surface area contributed by atoms with Crippen LogP contribution >= 0.6 is 0 Å². The van der Waals surface area contributed by atoms with Crippen LogP contribution < -0.4 is 0 Å². The lowest BCUT2D eigenvalue weighted by atomic mass is 9.95. The summed E-state index contributed by atoms with van der Waals surface area (Å²) in [6, 6.07) is 0.178. The van der Waals surface area contributed by atoms with Crippen molar-refractivity contribution in [2.75, 3.05) is 26.9 Å². The van der Waals surface area contributed by atoms with Gasteiger partial charge in [0.25, 0.3) is 0 Å². The van der Waals surface area contributed by atoms with Gasteiger partial charge in [-0.1, -0.05) is 13.8 Å². The predicted octanol–water partition coefficient (Wildman–Crippen LogP) is 2.63. The fourth-order valence-electron chi connectivity index (χ4n) is 3.05. The molecule has 0 radical (unpaired) electrons. The zero-order valence-electron chi connectivity index (χ0n) is 10.3. The van der Waals surface area contributed by atoms with Gasteiger partial charge in [-0.3, -0.25) is 4.90 Å². The Balaban J connectivity index is 0.000000531. The number of methoxy groups -OCH3 is 1. The summed E-state index contributed by atoms with van der Waals surface area (Å²) in [5.41, 5.74) is 0.200. The summed E-state index contributed by atoms with van der Waals surface area (Å²) in [4.78, 5) is 2.34. The summed E-state index contributed by atoms with van der Waals surface area (Å²) >= 11 is 0. The second kappa shape index (κ2) is 5.80. The summed E-state index contributed by atoms with van der Waals surface area (Å²) in [6.45, 7) is 5.66. The molecule has 0 aliphatic carbocycles. The smallest absolute Gasteiger partial charge is 0.105 e. The Morgan fingerprint density at radius 1 is 1.40 bits per heavy atom. The number of hydrogen-bond acceptors (Lipinski definition) is 2. The molecule has 0 aromatic carbocycles. The molecule has 0 aromatic heterocycles. The molecule has 2 unspecified atom stereocenters. The predicted molar refractivity (Wildman–Crippen MR) is 60.9 cm³/mol. The van der Waals surface area contributed by atoms with E-state index in [-0.39, 0.29) is 18.3 Å². The monoisotopic (exact) mass is 217 g/mol. The standard InChI is InChI=1S/C10H18FNO.C2H6/c1-13-8-10-4-2-6-12(10)9(7-11)3-5-10;1-2/h9H,2-8H2,1H3;1-2H3. The highest BCUT2D eigenvalue weighted by atomic mass is 19.1. The van der Waals surface area contributed by atoms with E-state index in [9.17, 15) is 4.39 Å². The summed E-state index contributed by atoms with van der Waals surface area (Å²) in [5.74, 6) is 0. The van der Waals surface area contributed by atoms with E-state index >= 15 is 0 Å². The number of halogens is 1. The minimum absolute atomic E-state index is 0.178. The van der Waals surface area contributed by atoms with Gasteiger partial charge < -0.3 is 4.74 Å². The van der Waals surface area contributed by atoms with E-state index in [1.807, 2.05) is 13.8 Å². The van der Waals surface area contributed by atoms with Gasteiger partial charge in [-0.25, -0.2) is 4.39 Å². The molecule has 0 amide bonds. The van der Waals surface area contributed by atoms with Gasteiger partial charge >= 0.3 is 0 Å². The number of nitrogens with zero attached hydrogens (tertiary/aromatic N) is 1. The van der Waals surface area contributed by atoms with Crippen LogP contribution in [-0.2, 0) is 4.74 Å². The third kappa shape index (κ3) is 2.34. The largest absolute Gasteiger partial charge is 0.383 e. The Morgan fingerprint density at radius 3 is 2.73 bits per heavy atom. The van der Waals surface area contributed by atoms with Gasteiger partial charge in [-0.05, 0) is 32.2 Å². The van der Waals surface area contributed by atoms with Crippen LogP contribution in [0.1, 0.15) is 39.5 Å². The van der Waals surface area contributed by atoms with Gasteiger partial charge in [0.1, 0.15) is 6.67 Å². The molecule has 2 saturated heterocycles. The Bertz CT molecular complexity index is 188. The maximum atomic E-state index is 12.7. The molecule has 0 bridgehead atoms. The Morgan fingerprint density at radius 2 is 2.13 bits per heavy atom. The summed E-state index contributed by atoms with van der Waals surface area (Å²) in [6.07, 6.45) is 4.53. The lowest BCUT2D eigenvalue weighted by molar-refractivity contribution is 0.0452. The van der Waals surface area contributed by atoms with Crippen molar-refractivity contribution in [3.05, 3.63) is 0 Å². The summed E-state index contributed by atoms with van der Waals surface area (Å²) in [7, 11) is 1.74. The minimum Gasteiger partial charge on any atom is -0.383 e. The molecule has 2 atom stereocenters. The quantitative estimate of drug-likeness (QED) is 0.720. The van der Waals surface area contributed by atoms with Crippen molar-refractivity contribution < 1.29 is 9.13 Å². The highest BCUT2D eigenvalue weighted by Gasteiger charge is 2.48. The van der Waals surface area contributed by atoms with E-state index in [4.69, 9.17) is 4.74 Å².